The van der Waals surface area contributed by atoms with Crippen LogP contribution in [0.2, 0.25) is 0 Å². The molecule has 0 radical (unpaired) electrons. The Kier molecular flexibility index (Phi) is 5.64. The van der Waals surface area contributed by atoms with Crippen LogP contribution in [0, 0.1) is 30.6 Å². The number of fused-ring (bicyclic) bond motifs is 2. The minimum atomic E-state index is -0.903. The fourth-order valence-electron chi connectivity index (χ4n) is 5.02. The van der Waals surface area contributed by atoms with Gasteiger partial charge >= 0.3 is 11.9 Å². The van der Waals surface area contributed by atoms with E-state index in [1.165, 1.54) is 11.3 Å². The molecule has 2 aromatic rings. The molecule has 158 valence electrons. The van der Waals surface area contributed by atoms with Crippen molar-refractivity contribution in [2.45, 2.75) is 33.1 Å². The van der Waals surface area contributed by atoms with Crippen LogP contribution in [-0.2, 0) is 14.3 Å². The number of ether oxygens (including phenoxy) is 1. The van der Waals surface area contributed by atoms with Gasteiger partial charge in [0.25, 0.3) is 0 Å². The van der Waals surface area contributed by atoms with Crippen molar-refractivity contribution in [2.75, 3.05) is 11.9 Å². The number of amides is 1. The lowest BCUT2D eigenvalue weighted by atomic mass is 9.78. The molecule has 0 aliphatic heterocycles. The molecule has 0 spiro atoms. The molecule has 2 fully saturated rings. The molecule has 7 heteroatoms. The van der Waals surface area contributed by atoms with Gasteiger partial charge in [0.1, 0.15) is 10.6 Å². The lowest BCUT2D eigenvalue weighted by Gasteiger charge is -2.27. The standard InChI is InChI=1S/C23H25NO5S/c1-3-29-23(28)19-16(13-6-4-12(2)5-7-13)11-30-21(19)24-20(25)17-14-8-9-15(10-14)18(17)22(26)27/h4-7,11,14-15,17-18H,3,8-10H2,1-2H3,(H,24,25)(H,26,27)/t14-,15-,17+,18-/m0/s1. The summed E-state index contributed by atoms with van der Waals surface area (Å²) < 4.78 is 5.25. The first-order valence-corrected chi connectivity index (χ1v) is 11.2. The van der Waals surface area contributed by atoms with E-state index in [0.29, 0.717) is 16.1 Å². The van der Waals surface area contributed by atoms with E-state index in [1.807, 2.05) is 36.6 Å². The van der Waals surface area contributed by atoms with Crippen LogP contribution in [0.5, 0.6) is 0 Å². The maximum atomic E-state index is 13.1. The van der Waals surface area contributed by atoms with E-state index in [1.54, 1.807) is 6.92 Å². The van der Waals surface area contributed by atoms with E-state index in [-0.39, 0.29) is 24.3 Å². The molecule has 2 aliphatic carbocycles. The van der Waals surface area contributed by atoms with Crippen molar-refractivity contribution in [1.82, 2.24) is 0 Å². The van der Waals surface area contributed by atoms with E-state index in [0.717, 1.165) is 30.4 Å². The monoisotopic (exact) mass is 427 g/mol. The summed E-state index contributed by atoms with van der Waals surface area (Å²) in [5.41, 5.74) is 3.01. The average molecular weight is 428 g/mol. The van der Waals surface area contributed by atoms with Gasteiger partial charge in [-0.2, -0.15) is 0 Å². The van der Waals surface area contributed by atoms with Crippen LogP contribution in [-0.4, -0.2) is 29.6 Å². The van der Waals surface area contributed by atoms with Crippen LogP contribution in [0.1, 0.15) is 42.1 Å². The molecule has 1 amide bonds. The lowest BCUT2D eigenvalue weighted by Crippen LogP contribution is -2.37. The quantitative estimate of drug-likeness (QED) is 0.658. The molecule has 1 heterocycles. The highest BCUT2D eigenvalue weighted by Gasteiger charge is 2.54. The Bertz CT molecular complexity index is 980. The second kappa shape index (κ2) is 8.22. The highest BCUT2D eigenvalue weighted by Crippen LogP contribution is 2.53. The summed E-state index contributed by atoms with van der Waals surface area (Å²) in [5.74, 6) is -2.74. The molecule has 2 N–H and O–H groups in total. The highest BCUT2D eigenvalue weighted by atomic mass is 32.1. The molecular formula is C23H25NO5S. The Morgan fingerprint density at radius 1 is 1.13 bits per heavy atom. The van der Waals surface area contributed by atoms with E-state index >= 15 is 0 Å². The molecule has 1 aromatic heterocycles. The Morgan fingerprint density at radius 3 is 2.43 bits per heavy atom. The topological polar surface area (TPSA) is 92.7 Å². The molecule has 2 aliphatic rings. The van der Waals surface area contributed by atoms with Gasteiger partial charge in [0, 0.05) is 10.9 Å². The number of aryl methyl sites for hydroxylation is 1. The SMILES string of the molecule is CCOC(=O)c1c(-c2ccc(C)cc2)csc1NC(=O)[C@@H]1[C@H]2CC[C@@H](C2)[C@@H]1C(=O)O. The van der Waals surface area contributed by atoms with Crippen LogP contribution in [0.25, 0.3) is 11.1 Å². The van der Waals surface area contributed by atoms with Gasteiger partial charge in [-0.1, -0.05) is 29.8 Å². The number of esters is 1. The number of nitrogens with one attached hydrogen (secondary N) is 1. The predicted octanol–water partition coefficient (Wildman–Crippen LogP) is 4.59. The minimum absolute atomic E-state index is 0.0687. The summed E-state index contributed by atoms with van der Waals surface area (Å²) in [6.07, 6.45) is 2.55. The number of rotatable bonds is 6. The van der Waals surface area contributed by atoms with Crippen molar-refractivity contribution < 1.29 is 24.2 Å². The second-order valence-electron chi connectivity index (χ2n) is 8.15. The van der Waals surface area contributed by atoms with E-state index in [2.05, 4.69) is 5.32 Å². The second-order valence-corrected chi connectivity index (χ2v) is 9.03. The van der Waals surface area contributed by atoms with Gasteiger partial charge in [0.15, 0.2) is 0 Å². The van der Waals surface area contributed by atoms with Crippen LogP contribution < -0.4 is 5.32 Å². The van der Waals surface area contributed by atoms with Crippen LogP contribution in [0.4, 0.5) is 5.00 Å². The Labute approximate surface area is 179 Å². The summed E-state index contributed by atoms with van der Waals surface area (Å²) >= 11 is 1.27. The summed E-state index contributed by atoms with van der Waals surface area (Å²) in [5, 5.41) is 14.8. The number of carboxylic acids is 1. The number of carboxylic acid groups (broad SMARTS) is 1. The Balaban J connectivity index is 1.65. The number of carbonyl (C=O) groups excluding carboxylic acids is 2. The van der Waals surface area contributed by atoms with Crippen LogP contribution in [0.15, 0.2) is 29.6 Å². The molecule has 0 unspecified atom stereocenters. The van der Waals surface area contributed by atoms with Crippen molar-refractivity contribution in [1.29, 1.82) is 0 Å². The van der Waals surface area contributed by atoms with Crippen molar-refractivity contribution in [3.8, 4) is 11.1 Å². The van der Waals surface area contributed by atoms with Crippen molar-refractivity contribution in [3.63, 3.8) is 0 Å². The van der Waals surface area contributed by atoms with E-state index in [4.69, 9.17) is 4.74 Å². The number of hydrogen-bond acceptors (Lipinski definition) is 5. The fourth-order valence-corrected chi connectivity index (χ4v) is 5.98. The number of thiophene rings is 1. The lowest BCUT2D eigenvalue weighted by molar-refractivity contribution is -0.148. The summed E-state index contributed by atoms with van der Waals surface area (Å²) in [6, 6.07) is 7.80. The summed E-state index contributed by atoms with van der Waals surface area (Å²) in [4.78, 5) is 37.6. The molecule has 2 saturated carbocycles. The third kappa shape index (κ3) is 3.62. The van der Waals surface area contributed by atoms with Crippen molar-refractivity contribution >= 4 is 34.2 Å². The number of benzene rings is 1. The molecule has 0 saturated heterocycles. The third-order valence-corrected chi connectivity index (χ3v) is 7.27. The Hall–Kier alpha value is -2.67. The maximum Gasteiger partial charge on any atom is 0.341 e. The van der Waals surface area contributed by atoms with E-state index < -0.39 is 23.8 Å². The average Bonchev–Trinajstić information content (AvgIpc) is 3.42. The third-order valence-electron chi connectivity index (χ3n) is 6.37. The predicted molar refractivity (Wildman–Crippen MR) is 115 cm³/mol. The van der Waals surface area contributed by atoms with Crippen LogP contribution >= 0.6 is 11.3 Å². The molecule has 30 heavy (non-hydrogen) atoms. The van der Waals surface area contributed by atoms with Crippen molar-refractivity contribution in [2.24, 2.45) is 23.7 Å². The molecule has 4 rings (SSSR count). The highest BCUT2D eigenvalue weighted by molar-refractivity contribution is 7.15. The molecule has 4 atom stereocenters. The van der Waals surface area contributed by atoms with Crippen LogP contribution in [0.3, 0.4) is 0 Å². The first kappa shape index (κ1) is 20.6. The maximum absolute atomic E-state index is 13.1. The normalized spacial score (nSPS) is 24.6. The molecule has 1 aromatic carbocycles. The van der Waals surface area contributed by atoms with Gasteiger partial charge in [-0.25, -0.2) is 4.79 Å². The molecular weight excluding hydrogens is 402 g/mol. The van der Waals surface area contributed by atoms with Gasteiger partial charge < -0.3 is 15.2 Å². The first-order valence-electron chi connectivity index (χ1n) is 10.3. The van der Waals surface area contributed by atoms with Crippen molar-refractivity contribution in [3.05, 3.63) is 40.8 Å². The number of hydrogen-bond donors (Lipinski definition) is 2. The first-order chi connectivity index (χ1) is 14.4. The minimum Gasteiger partial charge on any atom is -0.481 e. The smallest absolute Gasteiger partial charge is 0.341 e. The zero-order valence-corrected chi connectivity index (χ0v) is 17.8. The van der Waals surface area contributed by atoms with Gasteiger partial charge in [0.2, 0.25) is 5.91 Å². The number of anilines is 1. The summed E-state index contributed by atoms with van der Waals surface area (Å²) in [6.45, 7) is 3.95. The molecule has 6 nitrogen and oxygen atoms in total. The largest absolute Gasteiger partial charge is 0.481 e. The van der Waals surface area contributed by atoms with Gasteiger partial charge in [0.05, 0.1) is 18.4 Å². The Morgan fingerprint density at radius 2 is 1.80 bits per heavy atom. The zero-order chi connectivity index (χ0) is 21.4. The fraction of sp³-hybridized carbons (Fsp3) is 0.435. The zero-order valence-electron chi connectivity index (χ0n) is 17.0. The van der Waals surface area contributed by atoms with Gasteiger partial charge in [-0.05, 0) is 50.5 Å². The van der Waals surface area contributed by atoms with Gasteiger partial charge in [-0.15, -0.1) is 11.3 Å². The number of carbonyl (C=O) groups is 3. The number of aliphatic carboxylic acids is 1. The molecule has 2 bridgehead atoms. The van der Waals surface area contributed by atoms with E-state index in [9.17, 15) is 19.5 Å². The van der Waals surface area contributed by atoms with Gasteiger partial charge in [-0.3, -0.25) is 9.59 Å². The summed E-state index contributed by atoms with van der Waals surface area (Å²) in [7, 11) is 0.